The fourth-order valence-electron chi connectivity index (χ4n) is 2.53. The van der Waals surface area contributed by atoms with Crippen LogP contribution in [0.1, 0.15) is 24.2 Å². The Balaban J connectivity index is 2.03. The first-order valence-electron chi connectivity index (χ1n) is 7.40. The van der Waals surface area contributed by atoms with Crippen LogP contribution in [0, 0.1) is 5.92 Å². The van der Waals surface area contributed by atoms with Crippen molar-refractivity contribution in [2.24, 2.45) is 5.92 Å². The summed E-state index contributed by atoms with van der Waals surface area (Å²) in [6.07, 6.45) is 0. The zero-order valence-electron chi connectivity index (χ0n) is 13.5. The summed E-state index contributed by atoms with van der Waals surface area (Å²) in [5.41, 5.74) is 1.12. The number of anilines is 1. The second-order valence-electron chi connectivity index (χ2n) is 6.03. The Labute approximate surface area is 130 Å². The van der Waals surface area contributed by atoms with Crippen LogP contribution in [0.5, 0.6) is 5.75 Å². The molecule has 120 valence electrons. The molecule has 0 saturated heterocycles. The van der Waals surface area contributed by atoms with E-state index in [1.165, 1.54) is 0 Å². The summed E-state index contributed by atoms with van der Waals surface area (Å²) in [6.45, 7) is 4.82. The number of carbonyl (C=O) groups excluding carboxylic acids is 2. The molecular weight excluding hydrogens is 282 g/mol. The Morgan fingerprint density at radius 3 is 2.77 bits per heavy atom. The molecule has 1 aliphatic rings. The van der Waals surface area contributed by atoms with Crippen molar-refractivity contribution in [3.63, 3.8) is 0 Å². The van der Waals surface area contributed by atoms with Crippen LogP contribution in [0.15, 0.2) is 18.2 Å². The van der Waals surface area contributed by atoms with Crippen molar-refractivity contribution in [2.45, 2.75) is 19.9 Å². The van der Waals surface area contributed by atoms with Crippen LogP contribution in [0.2, 0.25) is 0 Å². The summed E-state index contributed by atoms with van der Waals surface area (Å²) < 4.78 is 5.33. The fraction of sp³-hybridized carbons (Fsp3) is 0.500. The molecule has 0 aliphatic carbocycles. The maximum atomic E-state index is 12.3. The van der Waals surface area contributed by atoms with Crippen molar-refractivity contribution in [3.05, 3.63) is 23.8 Å². The minimum absolute atomic E-state index is 0.0197. The average Bonchev–Trinajstić information content (AvgIpc) is 2.45. The van der Waals surface area contributed by atoms with Crippen LogP contribution in [0.3, 0.4) is 0 Å². The van der Waals surface area contributed by atoms with Gasteiger partial charge in [-0.1, -0.05) is 13.8 Å². The number of carbonyl (C=O) groups is 2. The molecular formula is C16H23N3O3. The molecule has 2 rings (SSSR count). The number of nitrogens with zero attached hydrogens (tertiary/aromatic N) is 1. The van der Waals surface area contributed by atoms with Crippen LogP contribution >= 0.6 is 0 Å². The van der Waals surface area contributed by atoms with Crippen molar-refractivity contribution in [3.8, 4) is 5.75 Å². The van der Waals surface area contributed by atoms with Crippen LogP contribution in [-0.4, -0.2) is 50.0 Å². The highest BCUT2D eigenvalue weighted by Gasteiger charge is 2.20. The van der Waals surface area contributed by atoms with Crippen molar-refractivity contribution in [2.75, 3.05) is 32.6 Å². The summed E-state index contributed by atoms with van der Waals surface area (Å²) in [5.74, 6) is 0.643. The van der Waals surface area contributed by atoms with Crippen molar-refractivity contribution in [1.82, 2.24) is 10.2 Å². The summed E-state index contributed by atoms with van der Waals surface area (Å²) >= 11 is 0. The summed E-state index contributed by atoms with van der Waals surface area (Å²) in [5, 5.41) is 5.66. The molecule has 0 bridgehead atoms. The lowest BCUT2D eigenvalue weighted by Gasteiger charge is -2.28. The molecule has 0 unspecified atom stereocenters. The Kier molecular flexibility index (Phi) is 5.03. The van der Waals surface area contributed by atoms with E-state index in [4.69, 9.17) is 4.74 Å². The molecule has 1 aromatic rings. The normalized spacial score (nSPS) is 15.1. The molecule has 0 spiro atoms. The second kappa shape index (κ2) is 6.79. The van der Waals surface area contributed by atoms with E-state index in [0.717, 1.165) is 0 Å². The average molecular weight is 305 g/mol. The lowest BCUT2D eigenvalue weighted by molar-refractivity contribution is -0.118. The van der Waals surface area contributed by atoms with Gasteiger partial charge in [-0.2, -0.15) is 0 Å². The third-order valence-corrected chi connectivity index (χ3v) is 3.78. The number of nitrogens with one attached hydrogen (secondary N) is 2. The van der Waals surface area contributed by atoms with E-state index >= 15 is 0 Å². The number of hydrogen-bond acceptors (Lipinski definition) is 4. The Hall–Kier alpha value is -2.08. The standard InChI is InChI=1S/C16H23N3O3/c1-10(2)13(19(3)4)8-17-16(21)11-5-6-12-14(7-11)22-9-15(20)18-12/h5-7,10,13H,8-9H2,1-4H3,(H,17,21)(H,18,20)/t13-/m0/s1. The zero-order chi connectivity index (χ0) is 16.3. The van der Waals surface area contributed by atoms with E-state index in [0.29, 0.717) is 29.5 Å². The van der Waals surface area contributed by atoms with Gasteiger partial charge in [0.05, 0.1) is 5.69 Å². The predicted octanol–water partition coefficient (Wildman–Crippen LogP) is 1.33. The van der Waals surface area contributed by atoms with E-state index in [9.17, 15) is 9.59 Å². The summed E-state index contributed by atoms with van der Waals surface area (Å²) in [6, 6.07) is 5.30. The quantitative estimate of drug-likeness (QED) is 0.861. The third kappa shape index (κ3) is 3.76. The molecule has 0 saturated carbocycles. The number of likely N-dealkylation sites (N-methyl/N-ethyl adjacent to an activating group) is 1. The second-order valence-corrected chi connectivity index (χ2v) is 6.03. The SMILES string of the molecule is CC(C)[C@H](CNC(=O)c1ccc2c(c1)OCC(=O)N2)N(C)C. The van der Waals surface area contributed by atoms with Gasteiger partial charge in [-0.05, 0) is 38.2 Å². The van der Waals surface area contributed by atoms with E-state index in [1.807, 2.05) is 14.1 Å². The number of amides is 2. The smallest absolute Gasteiger partial charge is 0.262 e. The molecule has 0 fully saturated rings. The van der Waals surface area contributed by atoms with E-state index in [-0.39, 0.29) is 24.5 Å². The highest BCUT2D eigenvalue weighted by Crippen LogP contribution is 2.28. The maximum Gasteiger partial charge on any atom is 0.262 e. The molecule has 1 heterocycles. The topological polar surface area (TPSA) is 70.7 Å². The van der Waals surface area contributed by atoms with E-state index in [2.05, 4.69) is 29.4 Å². The molecule has 22 heavy (non-hydrogen) atoms. The molecule has 2 amide bonds. The van der Waals surface area contributed by atoms with E-state index in [1.54, 1.807) is 18.2 Å². The Morgan fingerprint density at radius 2 is 2.14 bits per heavy atom. The van der Waals surface area contributed by atoms with E-state index < -0.39 is 0 Å². The Bertz CT molecular complexity index is 562. The van der Waals surface area contributed by atoms with Crippen molar-refractivity contribution < 1.29 is 14.3 Å². The molecule has 2 N–H and O–H groups in total. The minimum atomic E-state index is -0.185. The highest BCUT2D eigenvalue weighted by atomic mass is 16.5. The van der Waals surface area contributed by atoms with Gasteiger partial charge < -0.3 is 20.3 Å². The van der Waals surface area contributed by atoms with Crippen LogP contribution in [-0.2, 0) is 4.79 Å². The fourth-order valence-corrected chi connectivity index (χ4v) is 2.53. The lowest BCUT2D eigenvalue weighted by atomic mass is 10.0. The molecule has 1 aliphatic heterocycles. The molecule has 1 aromatic carbocycles. The third-order valence-electron chi connectivity index (χ3n) is 3.78. The number of hydrogen-bond donors (Lipinski definition) is 2. The van der Waals surface area contributed by atoms with Gasteiger partial charge >= 0.3 is 0 Å². The van der Waals surface area contributed by atoms with Crippen LogP contribution < -0.4 is 15.4 Å². The monoisotopic (exact) mass is 305 g/mol. The zero-order valence-corrected chi connectivity index (χ0v) is 13.5. The van der Waals surface area contributed by atoms with Crippen molar-refractivity contribution in [1.29, 1.82) is 0 Å². The summed E-state index contributed by atoms with van der Waals surface area (Å²) in [4.78, 5) is 25.6. The first kappa shape index (κ1) is 16.3. The number of fused-ring (bicyclic) bond motifs is 1. The first-order valence-corrected chi connectivity index (χ1v) is 7.40. The van der Waals surface area contributed by atoms with Crippen molar-refractivity contribution >= 4 is 17.5 Å². The largest absolute Gasteiger partial charge is 0.482 e. The number of ether oxygens (including phenoxy) is 1. The molecule has 0 radical (unpaired) electrons. The van der Waals surface area contributed by atoms with Gasteiger partial charge in [0.25, 0.3) is 11.8 Å². The van der Waals surface area contributed by atoms with Gasteiger partial charge in [-0.25, -0.2) is 0 Å². The minimum Gasteiger partial charge on any atom is -0.482 e. The van der Waals surface area contributed by atoms with Gasteiger partial charge in [-0.15, -0.1) is 0 Å². The summed E-state index contributed by atoms with van der Waals surface area (Å²) in [7, 11) is 4.01. The van der Waals surface area contributed by atoms with Gasteiger partial charge in [0.15, 0.2) is 6.61 Å². The highest BCUT2D eigenvalue weighted by molar-refractivity contribution is 5.98. The number of benzene rings is 1. The van der Waals surface area contributed by atoms with Gasteiger partial charge in [0.1, 0.15) is 5.75 Å². The van der Waals surface area contributed by atoms with Gasteiger partial charge in [-0.3, -0.25) is 9.59 Å². The predicted molar refractivity (Wildman–Crippen MR) is 85.2 cm³/mol. The Morgan fingerprint density at radius 1 is 1.41 bits per heavy atom. The molecule has 6 nitrogen and oxygen atoms in total. The lowest BCUT2D eigenvalue weighted by Crippen LogP contribution is -2.43. The van der Waals surface area contributed by atoms with Crippen LogP contribution in [0.25, 0.3) is 0 Å². The molecule has 0 aromatic heterocycles. The maximum absolute atomic E-state index is 12.3. The molecule has 1 atom stereocenters. The van der Waals surface area contributed by atoms with Gasteiger partial charge in [0.2, 0.25) is 0 Å². The first-order chi connectivity index (χ1) is 10.4. The molecule has 6 heteroatoms. The van der Waals surface area contributed by atoms with Crippen LogP contribution in [0.4, 0.5) is 5.69 Å². The van der Waals surface area contributed by atoms with Gasteiger partial charge in [0, 0.05) is 18.2 Å². The number of rotatable bonds is 5.